The Morgan fingerprint density at radius 1 is 1.14 bits per heavy atom. The number of nitrogens with zero attached hydrogens (tertiary/aromatic N) is 4. The highest BCUT2D eigenvalue weighted by molar-refractivity contribution is 5.65. The molecule has 1 unspecified atom stereocenters. The molecule has 144 valence electrons. The van der Waals surface area contributed by atoms with E-state index in [4.69, 9.17) is 9.40 Å². The van der Waals surface area contributed by atoms with Gasteiger partial charge < -0.3 is 9.73 Å². The van der Waals surface area contributed by atoms with E-state index in [2.05, 4.69) is 45.6 Å². The smallest absolute Gasteiger partial charge is 0.268 e. The molecule has 1 atom stereocenters. The lowest BCUT2D eigenvalue weighted by Crippen LogP contribution is -2.04. The minimum absolute atomic E-state index is 0.408. The summed E-state index contributed by atoms with van der Waals surface area (Å²) in [6.07, 6.45) is 7.44. The van der Waals surface area contributed by atoms with Gasteiger partial charge in [0.05, 0.1) is 17.6 Å². The van der Waals surface area contributed by atoms with Gasteiger partial charge in [-0.25, -0.2) is 4.98 Å². The molecule has 1 aliphatic carbocycles. The Morgan fingerprint density at radius 2 is 1.93 bits per heavy atom. The quantitative estimate of drug-likeness (QED) is 0.711. The molecule has 0 fully saturated rings. The van der Waals surface area contributed by atoms with Crippen LogP contribution in [0.15, 0.2) is 41.0 Å². The first-order chi connectivity index (χ1) is 13.6. The first-order valence-corrected chi connectivity index (χ1v) is 9.75. The largest absolute Gasteiger partial charge is 0.415 e. The average Bonchev–Trinajstić information content (AvgIpc) is 3.20. The molecule has 3 aromatic rings. The van der Waals surface area contributed by atoms with Crippen molar-refractivity contribution in [2.45, 2.75) is 39.7 Å². The molecule has 1 aliphatic rings. The monoisotopic (exact) mass is 375 g/mol. The van der Waals surface area contributed by atoms with Crippen molar-refractivity contribution in [3.05, 3.63) is 53.5 Å². The third kappa shape index (κ3) is 3.87. The zero-order chi connectivity index (χ0) is 19.5. The maximum Gasteiger partial charge on any atom is 0.268 e. The van der Waals surface area contributed by atoms with Crippen molar-refractivity contribution in [2.75, 3.05) is 7.05 Å². The third-order valence-electron chi connectivity index (χ3n) is 5.17. The Morgan fingerprint density at radius 3 is 2.64 bits per heavy atom. The van der Waals surface area contributed by atoms with Crippen LogP contribution in [0.4, 0.5) is 0 Å². The zero-order valence-corrected chi connectivity index (χ0v) is 16.6. The molecule has 0 amide bonds. The van der Waals surface area contributed by atoms with Gasteiger partial charge in [-0.05, 0) is 62.4 Å². The van der Waals surface area contributed by atoms with Crippen molar-refractivity contribution in [3.63, 3.8) is 0 Å². The summed E-state index contributed by atoms with van der Waals surface area (Å²) in [7, 11) is 1.93. The second kappa shape index (κ2) is 8.02. The van der Waals surface area contributed by atoms with Crippen LogP contribution in [-0.4, -0.2) is 27.2 Å². The summed E-state index contributed by atoms with van der Waals surface area (Å²) in [5.74, 6) is 1.63. The van der Waals surface area contributed by atoms with Gasteiger partial charge in [0.25, 0.3) is 5.89 Å². The number of hydrogen-bond acceptors (Lipinski definition) is 6. The molecular formula is C22H25N5O. The minimum Gasteiger partial charge on any atom is -0.415 e. The van der Waals surface area contributed by atoms with Gasteiger partial charge >= 0.3 is 0 Å². The van der Waals surface area contributed by atoms with Crippen LogP contribution in [0.5, 0.6) is 0 Å². The van der Waals surface area contributed by atoms with Crippen molar-refractivity contribution in [1.29, 1.82) is 0 Å². The second-order valence-corrected chi connectivity index (χ2v) is 7.44. The fourth-order valence-electron chi connectivity index (χ4n) is 3.41. The molecule has 4 rings (SSSR count). The van der Waals surface area contributed by atoms with E-state index >= 15 is 0 Å². The van der Waals surface area contributed by atoms with Crippen LogP contribution in [0.1, 0.15) is 43.1 Å². The SMILES string of the molecule is CNCc1ccc(-c2nnc(-c3nc(C4=CCC(C)CC4)cnc3C)o2)cc1. The summed E-state index contributed by atoms with van der Waals surface area (Å²) >= 11 is 0. The van der Waals surface area contributed by atoms with E-state index in [1.54, 1.807) is 0 Å². The zero-order valence-electron chi connectivity index (χ0n) is 16.6. The summed E-state index contributed by atoms with van der Waals surface area (Å²) in [5.41, 5.74) is 5.70. The summed E-state index contributed by atoms with van der Waals surface area (Å²) in [6.45, 7) is 5.02. The fraction of sp³-hybridized carbons (Fsp3) is 0.364. The Kier molecular flexibility index (Phi) is 5.30. The van der Waals surface area contributed by atoms with E-state index in [-0.39, 0.29) is 0 Å². The van der Waals surface area contributed by atoms with E-state index in [0.717, 1.165) is 42.3 Å². The van der Waals surface area contributed by atoms with E-state index in [9.17, 15) is 0 Å². The van der Waals surface area contributed by atoms with E-state index in [1.165, 1.54) is 17.6 Å². The van der Waals surface area contributed by atoms with Gasteiger partial charge in [0.15, 0.2) is 0 Å². The molecule has 6 heteroatoms. The number of allylic oxidation sites excluding steroid dienone is 2. The number of rotatable bonds is 5. The van der Waals surface area contributed by atoms with Crippen LogP contribution in [0.25, 0.3) is 28.6 Å². The molecule has 2 heterocycles. The Balaban J connectivity index is 1.62. The molecule has 1 aromatic carbocycles. The molecule has 2 aromatic heterocycles. The predicted octanol–water partition coefficient (Wildman–Crippen LogP) is 4.42. The maximum absolute atomic E-state index is 5.94. The van der Waals surface area contributed by atoms with Gasteiger partial charge in [-0.3, -0.25) is 4.98 Å². The van der Waals surface area contributed by atoms with Crippen LogP contribution in [0.2, 0.25) is 0 Å². The molecule has 0 radical (unpaired) electrons. The van der Waals surface area contributed by atoms with Gasteiger partial charge in [-0.15, -0.1) is 10.2 Å². The molecule has 0 aliphatic heterocycles. The molecule has 0 spiro atoms. The van der Waals surface area contributed by atoms with Crippen LogP contribution in [-0.2, 0) is 6.54 Å². The maximum atomic E-state index is 5.94. The van der Waals surface area contributed by atoms with Crippen LogP contribution in [0.3, 0.4) is 0 Å². The topological polar surface area (TPSA) is 76.7 Å². The van der Waals surface area contributed by atoms with Gasteiger partial charge in [-0.1, -0.05) is 25.1 Å². The second-order valence-electron chi connectivity index (χ2n) is 7.44. The predicted molar refractivity (Wildman–Crippen MR) is 109 cm³/mol. The Hall–Kier alpha value is -2.86. The summed E-state index contributed by atoms with van der Waals surface area (Å²) in [4.78, 5) is 9.33. The number of hydrogen-bond donors (Lipinski definition) is 1. The number of nitrogens with one attached hydrogen (secondary N) is 1. The molecule has 0 bridgehead atoms. The first-order valence-electron chi connectivity index (χ1n) is 9.75. The van der Waals surface area contributed by atoms with Crippen LogP contribution < -0.4 is 5.32 Å². The molecule has 0 saturated carbocycles. The first kappa shape index (κ1) is 18.5. The number of benzene rings is 1. The van der Waals surface area contributed by atoms with Crippen LogP contribution >= 0.6 is 0 Å². The van der Waals surface area contributed by atoms with Gasteiger partial charge in [0, 0.05) is 12.1 Å². The summed E-state index contributed by atoms with van der Waals surface area (Å²) in [5, 5.41) is 11.6. The molecule has 28 heavy (non-hydrogen) atoms. The van der Waals surface area contributed by atoms with E-state index < -0.39 is 0 Å². The fourth-order valence-corrected chi connectivity index (χ4v) is 3.41. The molecule has 6 nitrogen and oxygen atoms in total. The van der Waals surface area contributed by atoms with Crippen molar-refractivity contribution in [3.8, 4) is 23.0 Å². The van der Waals surface area contributed by atoms with E-state index in [1.807, 2.05) is 32.3 Å². The van der Waals surface area contributed by atoms with Crippen molar-refractivity contribution >= 4 is 5.57 Å². The third-order valence-corrected chi connectivity index (χ3v) is 5.17. The minimum atomic E-state index is 0.408. The van der Waals surface area contributed by atoms with Gasteiger partial charge in [0.2, 0.25) is 5.89 Å². The molecule has 1 N–H and O–H groups in total. The Labute approximate surface area is 165 Å². The average molecular weight is 375 g/mol. The summed E-state index contributed by atoms with van der Waals surface area (Å²) in [6, 6.07) is 8.09. The lowest BCUT2D eigenvalue weighted by Gasteiger charge is -2.18. The van der Waals surface area contributed by atoms with Gasteiger partial charge in [-0.2, -0.15) is 0 Å². The highest BCUT2D eigenvalue weighted by atomic mass is 16.4. The van der Waals surface area contributed by atoms with Crippen LogP contribution in [0, 0.1) is 12.8 Å². The van der Waals surface area contributed by atoms with Crippen molar-refractivity contribution < 1.29 is 4.42 Å². The standard InChI is InChI=1S/C22H25N5O/c1-14-4-8-17(9-5-14)19-13-24-15(2)20(25-19)22-27-26-21(28-22)18-10-6-16(7-11-18)12-23-3/h6-8,10-11,13-14,23H,4-5,9,12H2,1-3H3. The lowest BCUT2D eigenvalue weighted by atomic mass is 9.90. The highest BCUT2D eigenvalue weighted by Gasteiger charge is 2.18. The Bertz CT molecular complexity index is 990. The normalized spacial score (nSPS) is 16.8. The van der Waals surface area contributed by atoms with E-state index in [0.29, 0.717) is 17.5 Å². The molecule has 0 saturated heterocycles. The van der Waals surface area contributed by atoms with Crippen molar-refractivity contribution in [2.24, 2.45) is 5.92 Å². The molecular weight excluding hydrogens is 350 g/mol. The highest BCUT2D eigenvalue weighted by Crippen LogP contribution is 2.31. The van der Waals surface area contributed by atoms with Crippen molar-refractivity contribution in [1.82, 2.24) is 25.5 Å². The lowest BCUT2D eigenvalue weighted by molar-refractivity contribution is 0.533. The number of aryl methyl sites for hydroxylation is 1. The number of aromatic nitrogens is 4. The van der Waals surface area contributed by atoms with Gasteiger partial charge in [0.1, 0.15) is 5.69 Å². The summed E-state index contributed by atoms with van der Waals surface area (Å²) < 4.78 is 5.94.